The fourth-order valence-electron chi connectivity index (χ4n) is 5.53. The smallest absolute Gasteiger partial charge is 0.417 e. The number of hydrogen-bond acceptors (Lipinski definition) is 5. The lowest BCUT2D eigenvalue weighted by Crippen LogP contribution is -2.52. The lowest BCUT2D eigenvalue weighted by Gasteiger charge is -2.40. The standard InChI is InChI=1S/C27H27F3N4O2/c1-16(2)12-21-17-13-22(23(14-17)36-24-9-8-18(15-33-24)27(28,29)30)34(21)26(35)20-7-4-3-6-19(20)25-31-10-5-11-32-25/h3-11,15-17,21-23H,12-14H2,1-2H3/t17?,21?,22-,23+/m0/s1. The third-order valence-corrected chi connectivity index (χ3v) is 7.01. The van der Waals surface area contributed by atoms with Crippen LogP contribution in [0.15, 0.2) is 61.1 Å². The van der Waals surface area contributed by atoms with Crippen molar-refractivity contribution in [3.05, 3.63) is 72.2 Å². The molecule has 2 unspecified atom stereocenters. The van der Waals surface area contributed by atoms with E-state index in [0.29, 0.717) is 22.9 Å². The van der Waals surface area contributed by atoms with Crippen molar-refractivity contribution in [2.24, 2.45) is 11.8 Å². The summed E-state index contributed by atoms with van der Waals surface area (Å²) in [5.41, 5.74) is 0.365. The molecule has 1 saturated heterocycles. The molecule has 1 saturated carbocycles. The van der Waals surface area contributed by atoms with Crippen LogP contribution in [0.5, 0.6) is 5.88 Å². The summed E-state index contributed by atoms with van der Waals surface area (Å²) in [4.78, 5) is 28.5. The second kappa shape index (κ2) is 9.52. The summed E-state index contributed by atoms with van der Waals surface area (Å²) >= 11 is 0. The predicted octanol–water partition coefficient (Wildman–Crippen LogP) is 5.65. The van der Waals surface area contributed by atoms with Crippen molar-refractivity contribution in [2.45, 2.75) is 57.5 Å². The normalized spacial score (nSPS) is 23.3. The number of ether oxygens (including phenoxy) is 1. The van der Waals surface area contributed by atoms with Gasteiger partial charge in [-0.25, -0.2) is 15.0 Å². The van der Waals surface area contributed by atoms with Gasteiger partial charge in [-0.05, 0) is 49.3 Å². The van der Waals surface area contributed by atoms with Gasteiger partial charge in [-0.15, -0.1) is 0 Å². The van der Waals surface area contributed by atoms with Gasteiger partial charge in [-0.3, -0.25) is 4.79 Å². The number of halogens is 3. The number of aromatic nitrogens is 3. The summed E-state index contributed by atoms with van der Waals surface area (Å²) in [6, 6.07) is 11.1. The van der Waals surface area contributed by atoms with Crippen LogP contribution < -0.4 is 4.74 Å². The molecular formula is C27H27F3N4O2. The Balaban J connectivity index is 1.43. The summed E-state index contributed by atoms with van der Waals surface area (Å²) in [6.07, 6.45) is 1.66. The highest BCUT2D eigenvalue weighted by atomic mass is 19.4. The molecule has 9 heteroatoms. The number of hydrogen-bond donors (Lipinski definition) is 0. The number of fused-ring (bicyclic) bond motifs is 2. The quantitative estimate of drug-likeness (QED) is 0.441. The van der Waals surface area contributed by atoms with E-state index >= 15 is 0 Å². The molecule has 4 atom stereocenters. The summed E-state index contributed by atoms with van der Waals surface area (Å²) < 4.78 is 44.8. The Hall–Kier alpha value is -3.49. The van der Waals surface area contributed by atoms with Gasteiger partial charge in [0.1, 0.15) is 6.10 Å². The molecule has 2 aliphatic rings. The van der Waals surface area contributed by atoms with E-state index in [0.717, 1.165) is 31.5 Å². The van der Waals surface area contributed by atoms with Crippen LogP contribution in [-0.2, 0) is 6.18 Å². The first-order valence-electron chi connectivity index (χ1n) is 12.1. The van der Waals surface area contributed by atoms with Crippen molar-refractivity contribution in [3.8, 4) is 17.3 Å². The second-order valence-electron chi connectivity index (χ2n) is 9.87. The van der Waals surface area contributed by atoms with Crippen LogP contribution in [0.1, 0.15) is 49.0 Å². The van der Waals surface area contributed by atoms with Crippen LogP contribution in [0.25, 0.3) is 11.4 Å². The van der Waals surface area contributed by atoms with Crippen LogP contribution in [0.3, 0.4) is 0 Å². The molecule has 1 aromatic carbocycles. The average molecular weight is 497 g/mol. The zero-order chi connectivity index (χ0) is 25.4. The number of amides is 1. The summed E-state index contributed by atoms with van der Waals surface area (Å²) in [5, 5.41) is 0. The summed E-state index contributed by atoms with van der Waals surface area (Å²) in [6.45, 7) is 4.28. The molecule has 1 aliphatic heterocycles. The van der Waals surface area contributed by atoms with Crippen LogP contribution in [0, 0.1) is 11.8 Å². The third-order valence-electron chi connectivity index (χ3n) is 7.01. The molecule has 0 spiro atoms. The minimum atomic E-state index is -4.46. The maximum Gasteiger partial charge on any atom is 0.417 e. The highest BCUT2D eigenvalue weighted by molar-refractivity contribution is 6.00. The maximum absolute atomic E-state index is 14.1. The topological polar surface area (TPSA) is 68.2 Å². The minimum absolute atomic E-state index is 0.0627. The predicted molar refractivity (Wildman–Crippen MR) is 127 cm³/mol. The molecular weight excluding hydrogens is 469 g/mol. The van der Waals surface area contributed by atoms with Crippen LogP contribution in [0.4, 0.5) is 13.2 Å². The lowest BCUT2D eigenvalue weighted by molar-refractivity contribution is -0.137. The number of benzene rings is 1. The monoisotopic (exact) mass is 496 g/mol. The first kappa shape index (κ1) is 24.2. The molecule has 36 heavy (non-hydrogen) atoms. The van der Waals surface area contributed by atoms with Crippen molar-refractivity contribution < 1.29 is 22.7 Å². The number of rotatable bonds is 6. The van der Waals surface area contributed by atoms with E-state index < -0.39 is 11.7 Å². The molecule has 0 N–H and O–H groups in total. The van der Waals surface area contributed by atoms with Gasteiger partial charge >= 0.3 is 6.18 Å². The van der Waals surface area contributed by atoms with Gasteiger partial charge in [0.15, 0.2) is 5.82 Å². The van der Waals surface area contributed by atoms with Crippen molar-refractivity contribution in [1.29, 1.82) is 0 Å². The number of carbonyl (C=O) groups is 1. The van der Waals surface area contributed by atoms with E-state index in [9.17, 15) is 18.0 Å². The Labute approximate surface area is 207 Å². The minimum Gasteiger partial charge on any atom is -0.472 e. The van der Waals surface area contributed by atoms with Gasteiger partial charge in [0.25, 0.3) is 5.91 Å². The summed E-state index contributed by atoms with van der Waals surface area (Å²) in [5.74, 6) is 1.15. The van der Waals surface area contributed by atoms with Crippen molar-refractivity contribution in [2.75, 3.05) is 0 Å². The van der Waals surface area contributed by atoms with E-state index in [1.54, 1.807) is 24.5 Å². The molecule has 3 aromatic rings. The molecule has 2 aromatic heterocycles. The molecule has 6 nitrogen and oxygen atoms in total. The Bertz CT molecular complexity index is 1220. The number of piperidine rings is 1. The first-order valence-corrected chi connectivity index (χ1v) is 12.1. The number of carbonyl (C=O) groups excluding carboxylic acids is 1. The number of nitrogens with zero attached hydrogens (tertiary/aromatic N) is 4. The molecule has 2 bridgehead atoms. The largest absolute Gasteiger partial charge is 0.472 e. The molecule has 0 radical (unpaired) electrons. The molecule has 188 valence electrons. The average Bonchev–Trinajstić information content (AvgIpc) is 3.42. The van der Waals surface area contributed by atoms with E-state index in [2.05, 4.69) is 28.8 Å². The Morgan fingerprint density at radius 2 is 1.81 bits per heavy atom. The van der Waals surface area contributed by atoms with Crippen molar-refractivity contribution >= 4 is 5.91 Å². The second-order valence-corrected chi connectivity index (χ2v) is 9.87. The fourth-order valence-corrected chi connectivity index (χ4v) is 5.53. The van der Waals surface area contributed by atoms with Gasteiger partial charge in [0.2, 0.25) is 5.88 Å². The van der Waals surface area contributed by atoms with Crippen LogP contribution >= 0.6 is 0 Å². The highest BCUT2D eigenvalue weighted by Crippen LogP contribution is 2.47. The maximum atomic E-state index is 14.1. The van der Waals surface area contributed by atoms with Gasteiger partial charge in [-0.2, -0.15) is 13.2 Å². The van der Waals surface area contributed by atoms with Crippen LogP contribution in [0.2, 0.25) is 0 Å². The molecule has 1 amide bonds. The summed E-state index contributed by atoms with van der Waals surface area (Å²) in [7, 11) is 0. The van der Waals surface area contributed by atoms with E-state index in [1.165, 1.54) is 6.07 Å². The molecule has 1 aliphatic carbocycles. The van der Waals surface area contributed by atoms with Gasteiger partial charge < -0.3 is 9.64 Å². The van der Waals surface area contributed by atoms with Crippen LogP contribution in [-0.4, -0.2) is 43.9 Å². The van der Waals surface area contributed by atoms with Gasteiger partial charge in [0.05, 0.1) is 17.2 Å². The van der Waals surface area contributed by atoms with E-state index in [-0.39, 0.29) is 35.9 Å². The Kier molecular flexibility index (Phi) is 6.40. The SMILES string of the molecule is CC(C)CC1C2C[C@@H](Oc3ccc(C(F)(F)F)cn3)[C@H](C2)N1C(=O)c1ccccc1-c1ncccn1. The zero-order valence-corrected chi connectivity index (χ0v) is 20.0. The fraction of sp³-hybridized carbons (Fsp3) is 0.407. The number of alkyl halides is 3. The first-order chi connectivity index (χ1) is 17.2. The Morgan fingerprint density at radius 1 is 1.06 bits per heavy atom. The Morgan fingerprint density at radius 3 is 2.47 bits per heavy atom. The van der Waals surface area contributed by atoms with Gasteiger partial charge in [0, 0.05) is 36.3 Å². The van der Waals surface area contributed by atoms with Gasteiger partial charge in [-0.1, -0.05) is 32.0 Å². The lowest BCUT2D eigenvalue weighted by atomic mass is 9.89. The number of likely N-dealkylation sites (tertiary alicyclic amines) is 1. The van der Waals surface area contributed by atoms with E-state index in [4.69, 9.17) is 4.74 Å². The zero-order valence-electron chi connectivity index (χ0n) is 20.0. The van der Waals surface area contributed by atoms with Crippen molar-refractivity contribution in [1.82, 2.24) is 19.9 Å². The number of pyridine rings is 1. The third kappa shape index (κ3) is 4.66. The molecule has 5 rings (SSSR count). The van der Waals surface area contributed by atoms with Crippen molar-refractivity contribution in [3.63, 3.8) is 0 Å². The highest BCUT2D eigenvalue weighted by Gasteiger charge is 2.54. The van der Waals surface area contributed by atoms with E-state index in [1.807, 2.05) is 23.1 Å². The molecule has 2 fully saturated rings. The molecule has 3 heterocycles.